The summed E-state index contributed by atoms with van der Waals surface area (Å²) < 4.78 is 7.19. The van der Waals surface area contributed by atoms with E-state index in [1.165, 1.54) is 11.3 Å². The minimum Gasteiger partial charge on any atom is -0.383 e. The third kappa shape index (κ3) is 6.98. The molecule has 0 saturated carbocycles. The summed E-state index contributed by atoms with van der Waals surface area (Å²) in [6.07, 6.45) is 1.06. The first-order valence-corrected chi connectivity index (χ1v) is 11.0. The normalized spacial score (nSPS) is 16.4. The maximum atomic E-state index is 6.15. The van der Waals surface area contributed by atoms with Gasteiger partial charge in [-0.1, -0.05) is 17.7 Å². The fourth-order valence-corrected chi connectivity index (χ4v) is 4.00. The van der Waals surface area contributed by atoms with Gasteiger partial charge in [0.2, 0.25) is 0 Å². The van der Waals surface area contributed by atoms with Crippen molar-refractivity contribution < 1.29 is 4.74 Å². The number of aryl methyl sites for hydroxylation is 1. The van der Waals surface area contributed by atoms with Gasteiger partial charge in [0, 0.05) is 54.8 Å². The highest BCUT2D eigenvalue weighted by Gasteiger charge is 2.23. The van der Waals surface area contributed by atoms with E-state index in [9.17, 15) is 0 Å². The van der Waals surface area contributed by atoms with Gasteiger partial charge in [0.15, 0.2) is 5.96 Å². The van der Waals surface area contributed by atoms with Crippen molar-refractivity contribution in [1.29, 1.82) is 0 Å². The molecule has 2 heterocycles. The summed E-state index contributed by atoms with van der Waals surface area (Å²) in [5.41, 5.74) is 4.52. The highest BCUT2D eigenvalue weighted by Crippen LogP contribution is 2.23. The molecule has 0 amide bonds. The number of hydrogen-bond donors (Lipinski definition) is 2. The fraction of sp³-hybridized carbons (Fsp3) is 0.545. The Kier molecular flexibility index (Phi) is 10.4. The zero-order valence-corrected chi connectivity index (χ0v) is 21.9. The molecule has 0 aliphatic carbocycles. The number of halogens is 2. The van der Waals surface area contributed by atoms with Crippen LogP contribution in [0.3, 0.4) is 0 Å². The minimum absolute atomic E-state index is 0. The molecule has 1 unspecified atom stereocenters. The largest absolute Gasteiger partial charge is 0.383 e. The number of ether oxygens (including phenoxy) is 1. The van der Waals surface area contributed by atoms with Crippen LogP contribution in [0.25, 0.3) is 0 Å². The molecule has 31 heavy (non-hydrogen) atoms. The maximum Gasteiger partial charge on any atom is 0.191 e. The number of anilines is 1. The van der Waals surface area contributed by atoms with E-state index in [1.54, 1.807) is 7.11 Å². The lowest BCUT2D eigenvalue weighted by Gasteiger charge is -2.20. The average molecular weight is 561 g/mol. The van der Waals surface area contributed by atoms with E-state index < -0.39 is 0 Å². The van der Waals surface area contributed by atoms with Gasteiger partial charge in [-0.05, 0) is 45.4 Å². The fourth-order valence-electron chi connectivity index (χ4n) is 3.82. The number of aliphatic imine (C=N–C) groups is 1. The standard InChI is InChI=1S/C22H33ClN6O.HI/c1-5-24-22(25-14-21-16(2)27-29(17(21)3)11-12-30-4)26-19-9-10-28(15-19)20-8-6-7-18(23)13-20;/h6-8,13,19H,5,9-12,14-15H2,1-4H3,(H2,24,25,26);1H. The van der Waals surface area contributed by atoms with Crippen molar-refractivity contribution in [3.05, 3.63) is 46.2 Å². The summed E-state index contributed by atoms with van der Waals surface area (Å²) in [6.45, 7) is 11.0. The minimum atomic E-state index is 0. The van der Waals surface area contributed by atoms with E-state index in [4.69, 9.17) is 21.3 Å². The van der Waals surface area contributed by atoms with E-state index in [1.807, 2.05) is 29.8 Å². The Bertz CT molecular complexity index is 872. The van der Waals surface area contributed by atoms with Crippen molar-refractivity contribution in [2.24, 2.45) is 4.99 Å². The van der Waals surface area contributed by atoms with Crippen LogP contribution in [-0.2, 0) is 17.8 Å². The Hall–Kier alpha value is -1.52. The van der Waals surface area contributed by atoms with Crippen LogP contribution in [0, 0.1) is 13.8 Å². The molecule has 3 rings (SSSR count). The number of methoxy groups -OCH3 is 1. The summed E-state index contributed by atoms with van der Waals surface area (Å²) in [5, 5.41) is 12.4. The number of nitrogens with one attached hydrogen (secondary N) is 2. The summed E-state index contributed by atoms with van der Waals surface area (Å²) in [4.78, 5) is 7.21. The second kappa shape index (κ2) is 12.5. The molecule has 0 radical (unpaired) electrons. The van der Waals surface area contributed by atoms with Gasteiger partial charge in [-0.3, -0.25) is 4.68 Å². The Morgan fingerprint density at radius 2 is 2.16 bits per heavy atom. The molecule has 1 aliphatic rings. The third-order valence-corrected chi connectivity index (χ3v) is 5.72. The molecule has 1 aliphatic heterocycles. The van der Waals surface area contributed by atoms with Crippen LogP contribution >= 0.6 is 35.6 Å². The van der Waals surface area contributed by atoms with E-state index in [2.05, 4.69) is 40.5 Å². The third-order valence-electron chi connectivity index (χ3n) is 5.48. The van der Waals surface area contributed by atoms with Crippen molar-refractivity contribution in [3.63, 3.8) is 0 Å². The van der Waals surface area contributed by atoms with Crippen LogP contribution in [0.4, 0.5) is 5.69 Å². The number of nitrogens with zero attached hydrogens (tertiary/aromatic N) is 4. The topological polar surface area (TPSA) is 66.7 Å². The molecule has 172 valence electrons. The van der Waals surface area contributed by atoms with Gasteiger partial charge in [0.05, 0.1) is 25.4 Å². The zero-order chi connectivity index (χ0) is 21.5. The van der Waals surface area contributed by atoms with E-state index in [0.717, 1.165) is 55.0 Å². The molecule has 1 saturated heterocycles. The van der Waals surface area contributed by atoms with E-state index in [0.29, 0.717) is 19.2 Å². The molecular weight excluding hydrogens is 527 g/mol. The zero-order valence-electron chi connectivity index (χ0n) is 18.8. The smallest absolute Gasteiger partial charge is 0.191 e. The number of aromatic nitrogens is 2. The molecule has 9 heteroatoms. The SMILES string of the molecule is CCNC(=NCc1c(C)nn(CCOC)c1C)NC1CCN(c2cccc(Cl)c2)C1.I. The predicted octanol–water partition coefficient (Wildman–Crippen LogP) is 3.75. The Morgan fingerprint density at radius 3 is 2.87 bits per heavy atom. The monoisotopic (exact) mass is 560 g/mol. The molecule has 1 aromatic carbocycles. The summed E-state index contributed by atoms with van der Waals surface area (Å²) >= 11 is 6.15. The van der Waals surface area contributed by atoms with Crippen molar-refractivity contribution in [2.45, 2.75) is 46.3 Å². The predicted molar refractivity (Wildman–Crippen MR) is 139 cm³/mol. The van der Waals surface area contributed by atoms with Gasteiger partial charge in [-0.2, -0.15) is 5.10 Å². The molecule has 2 aromatic rings. The second-order valence-corrected chi connectivity index (χ2v) is 8.05. The number of rotatable bonds is 8. The molecule has 7 nitrogen and oxygen atoms in total. The summed E-state index contributed by atoms with van der Waals surface area (Å²) in [5.74, 6) is 0.846. The van der Waals surface area contributed by atoms with Crippen molar-refractivity contribution in [1.82, 2.24) is 20.4 Å². The van der Waals surface area contributed by atoms with Gasteiger partial charge in [0.25, 0.3) is 0 Å². The molecular formula is C22H34ClIN6O. The van der Waals surface area contributed by atoms with E-state index in [-0.39, 0.29) is 24.0 Å². The second-order valence-electron chi connectivity index (χ2n) is 7.62. The van der Waals surface area contributed by atoms with Gasteiger partial charge in [-0.25, -0.2) is 4.99 Å². The van der Waals surface area contributed by atoms with Crippen molar-refractivity contribution in [2.75, 3.05) is 38.3 Å². The quantitative estimate of drug-likeness (QED) is 0.293. The first kappa shape index (κ1) is 25.7. The molecule has 1 atom stereocenters. The highest BCUT2D eigenvalue weighted by atomic mass is 127. The summed E-state index contributed by atoms with van der Waals surface area (Å²) in [6, 6.07) is 8.39. The Labute approximate surface area is 207 Å². The first-order chi connectivity index (χ1) is 14.5. The summed E-state index contributed by atoms with van der Waals surface area (Å²) in [7, 11) is 1.71. The highest BCUT2D eigenvalue weighted by molar-refractivity contribution is 14.0. The van der Waals surface area contributed by atoms with E-state index >= 15 is 0 Å². The Balaban J connectivity index is 0.00000341. The molecule has 1 fully saturated rings. The van der Waals surface area contributed by atoms with Crippen LogP contribution in [0.1, 0.15) is 30.3 Å². The number of hydrogen-bond acceptors (Lipinski definition) is 4. The Morgan fingerprint density at radius 1 is 1.35 bits per heavy atom. The number of benzene rings is 1. The lowest BCUT2D eigenvalue weighted by molar-refractivity contribution is 0.182. The van der Waals surface area contributed by atoms with Crippen LogP contribution in [0.15, 0.2) is 29.3 Å². The van der Waals surface area contributed by atoms with Gasteiger partial charge < -0.3 is 20.3 Å². The van der Waals surface area contributed by atoms with Crippen LogP contribution in [0.5, 0.6) is 0 Å². The molecule has 0 bridgehead atoms. The molecule has 2 N–H and O–H groups in total. The maximum absolute atomic E-state index is 6.15. The number of guanidine groups is 1. The molecule has 0 spiro atoms. The lowest BCUT2D eigenvalue weighted by Crippen LogP contribution is -2.44. The van der Waals surface area contributed by atoms with Crippen LogP contribution in [0.2, 0.25) is 5.02 Å². The molecule has 1 aromatic heterocycles. The lowest BCUT2D eigenvalue weighted by atomic mass is 10.2. The van der Waals surface area contributed by atoms with Gasteiger partial charge in [0.1, 0.15) is 0 Å². The van der Waals surface area contributed by atoms with Gasteiger partial charge in [-0.15, -0.1) is 24.0 Å². The van der Waals surface area contributed by atoms with Crippen molar-refractivity contribution >= 4 is 47.2 Å². The van der Waals surface area contributed by atoms with Crippen LogP contribution < -0.4 is 15.5 Å². The average Bonchev–Trinajstić information content (AvgIpc) is 3.29. The van der Waals surface area contributed by atoms with Gasteiger partial charge >= 0.3 is 0 Å². The first-order valence-electron chi connectivity index (χ1n) is 10.6. The van der Waals surface area contributed by atoms with Crippen LogP contribution in [-0.4, -0.2) is 55.1 Å². The van der Waals surface area contributed by atoms with Crippen molar-refractivity contribution in [3.8, 4) is 0 Å².